The fraction of sp³-hybridized carbons (Fsp3) is 0.200. The lowest BCUT2D eigenvalue weighted by Gasteiger charge is -2.13. The van der Waals surface area contributed by atoms with Crippen LogP contribution in [0.3, 0.4) is 0 Å². The Morgan fingerprint density at radius 1 is 1.06 bits per heavy atom. The number of nitrogens with one attached hydrogen (secondary N) is 3. The van der Waals surface area contributed by atoms with Crippen molar-refractivity contribution in [1.82, 2.24) is 10.7 Å². The van der Waals surface area contributed by atoms with E-state index in [0.29, 0.717) is 40.1 Å². The smallest absolute Gasteiger partial charge is 0.329 e. The number of benzene rings is 2. The van der Waals surface area contributed by atoms with Crippen molar-refractivity contribution in [3.63, 3.8) is 0 Å². The third-order valence-electron chi connectivity index (χ3n) is 4.76. The molecule has 2 aromatic carbocycles. The Morgan fingerprint density at radius 2 is 1.89 bits per heavy atom. The maximum atomic E-state index is 12.3. The van der Waals surface area contributed by atoms with Crippen LogP contribution in [-0.2, 0) is 20.9 Å². The van der Waals surface area contributed by atoms with E-state index < -0.39 is 11.8 Å². The third kappa shape index (κ3) is 7.60. The van der Waals surface area contributed by atoms with Crippen LogP contribution in [0.2, 0.25) is 5.02 Å². The van der Waals surface area contributed by atoms with Crippen LogP contribution in [0, 0.1) is 6.92 Å². The standard InChI is InChI=1S/C25H25ClN4O6/c1-3-34-22-12-17(13-28-30-25(33)24(32)27-14-18-6-5-11-35-18)9-10-21(22)36-15-23(31)29-20-8-4-7-19(26)16(20)2/h4-13H,3,14-15H2,1-2H3,(H,27,32)(H,29,31)(H,30,33)/b28-13-. The first kappa shape index (κ1) is 26.3. The van der Waals surface area contributed by atoms with Crippen molar-refractivity contribution in [3.8, 4) is 11.5 Å². The summed E-state index contributed by atoms with van der Waals surface area (Å²) in [6.07, 6.45) is 2.81. The van der Waals surface area contributed by atoms with Crippen LogP contribution < -0.4 is 25.5 Å². The summed E-state index contributed by atoms with van der Waals surface area (Å²) >= 11 is 6.09. The van der Waals surface area contributed by atoms with Gasteiger partial charge in [-0.1, -0.05) is 17.7 Å². The Balaban J connectivity index is 1.54. The fourth-order valence-electron chi connectivity index (χ4n) is 2.94. The third-order valence-corrected chi connectivity index (χ3v) is 5.17. The van der Waals surface area contributed by atoms with Crippen LogP contribution in [0.5, 0.6) is 11.5 Å². The number of amides is 3. The molecule has 0 fully saturated rings. The molecule has 3 N–H and O–H groups in total. The maximum Gasteiger partial charge on any atom is 0.329 e. The molecule has 0 spiro atoms. The highest BCUT2D eigenvalue weighted by Crippen LogP contribution is 2.28. The molecule has 0 radical (unpaired) electrons. The molecule has 0 aliphatic rings. The highest BCUT2D eigenvalue weighted by Gasteiger charge is 2.13. The summed E-state index contributed by atoms with van der Waals surface area (Å²) in [5, 5.41) is 9.52. The summed E-state index contributed by atoms with van der Waals surface area (Å²) in [7, 11) is 0. The van der Waals surface area contributed by atoms with Crippen LogP contribution in [0.4, 0.5) is 5.69 Å². The van der Waals surface area contributed by atoms with E-state index in [1.807, 2.05) is 6.92 Å². The quantitative estimate of drug-likeness (QED) is 0.217. The first-order valence-corrected chi connectivity index (χ1v) is 11.3. The van der Waals surface area contributed by atoms with Crippen LogP contribution >= 0.6 is 11.6 Å². The van der Waals surface area contributed by atoms with Crippen LogP contribution in [-0.4, -0.2) is 37.1 Å². The number of halogens is 1. The second-order valence-electron chi connectivity index (χ2n) is 7.35. The summed E-state index contributed by atoms with van der Waals surface area (Å²) in [6, 6.07) is 13.5. The molecule has 11 heteroatoms. The Labute approximate surface area is 212 Å². The molecule has 36 heavy (non-hydrogen) atoms. The van der Waals surface area contributed by atoms with Crippen molar-refractivity contribution in [1.29, 1.82) is 0 Å². The number of carbonyl (C=O) groups is 3. The first-order valence-electron chi connectivity index (χ1n) is 11.0. The maximum absolute atomic E-state index is 12.3. The molecule has 0 atom stereocenters. The van der Waals surface area contributed by atoms with Crippen LogP contribution in [0.25, 0.3) is 0 Å². The molecular weight excluding hydrogens is 488 g/mol. The van der Waals surface area contributed by atoms with Gasteiger partial charge in [0.15, 0.2) is 18.1 Å². The highest BCUT2D eigenvalue weighted by atomic mass is 35.5. The number of hydrogen-bond acceptors (Lipinski definition) is 7. The minimum absolute atomic E-state index is 0.0822. The molecule has 1 aromatic heterocycles. The first-order chi connectivity index (χ1) is 17.4. The molecule has 1 heterocycles. The summed E-state index contributed by atoms with van der Waals surface area (Å²) in [6.45, 7) is 3.81. The van der Waals surface area contributed by atoms with E-state index in [9.17, 15) is 14.4 Å². The molecule has 10 nitrogen and oxygen atoms in total. The second-order valence-corrected chi connectivity index (χ2v) is 7.76. The number of anilines is 1. The molecule has 0 aliphatic heterocycles. The molecule has 0 aliphatic carbocycles. The van der Waals surface area contributed by atoms with Gasteiger partial charge in [0.2, 0.25) is 0 Å². The van der Waals surface area contributed by atoms with E-state index in [1.165, 1.54) is 12.5 Å². The van der Waals surface area contributed by atoms with Crippen molar-refractivity contribution < 1.29 is 28.3 Å². The lowest BCUT2D eigenvalue weighted by Crippen LogP contribution is -2.37. The number of hydrogen-bond donors (Lipinski definition) is 3. The molecule has 0 bridgehead atoms. The van der Waals surface area contributed by atoms with E-state index >= 15 is 0 Å². The van der Waals surface area contributed by atoms with Gasteiger partial charge < -0.3 is 24.5 Å². The number of hydrazone groups is 1. The Hall–Kier alpha value is -4.31. The Morgan fingerprint density at radius 3 is 2.64 bits per heavy atom. The van der Waals surface area contributed by atoms with Gasteiger partial charge in [-0.15, -0.1) is 0 Å². The normalized spacial score (nSPS) is 10.6. The van der Waals surface area contributed by atoms with E-state index in [2.05, 4.69) is 21.2 Å². The topological polar surface area (TPSA) is 131 Å². The van der Waals surface area contributed by atoms with E-state index in [-0.39, 0.29) is 19.1 Å². The largest absolute Gasteiger partial charge is 0.490 e. The van der Waals surface area contributed by atoms with Crippen LogP contribution in [0.1, 0.15) is 23.8 Å². The summed E-state index contributed by atoms with van der Waals surface area (Å²) in [5.41, 5.74) is 4.08. The van der Waals surface area contributed by atoms with E-state index in [4.69, 9.17) is 25.5 Å². The molecule has 0 unspecified atom stereocenters. The van der Waals surface area contributed by atoms with Gasteiger partial charge in [0.1, 0.15) is 5.76 Å². The average molecular weight is 513 g/mol. The number of carbonyl (C=O) groups excluding carboxylic acids is 3. The predicted molar refractivity (Wildman–Crippen MR) is 134 cm³/mol. The van der Waals surface area contributed by atoms with Crippen LogP contribution in [0.15, 0.2) is 64.3 Å². The zero-order chi connectivity index (χ0) is 25.9. The average Bonchev–Trinajstić information content (AvgIpc) is 3.39. The minimum atomic E-state index is -0.927. The number of ether oxygens (including phenoxy) is 2. The second kappa shape index (κ2) is 13.0. The Kier molecular flexibility index (Phi) is 9.47. The number of rotatable bonds is 10. The molecule has 188 valence electrons. The van der Waals surface area contributed by atoms with Crippen molar-refractivity contribution in [3.05, 3.63) is 76.7 Å². The molecule has 0 saturated heterocycles. The summed E-state index contributed by atoms with van der Waals surface area (Å²) in [5.74, 6) is -0.884. The van der Waals surface area contributed by atoms with Gasteiger partial charge in [0.25, 0.3) is 5.91 Å². The molecular formula is C25H25ClN4O6. The van der Waals surface area contributed by atoms with Crippen molar-refractivity contribution in [2.45, 2.75) is 20.4 Å². The minimum Gasteiger partial charge on any atom is -0.490 e. The SMILES string of the molecule is CCOc1cc(/C=N\NC(=O)C(=O)NCc2ccco2)ccc1OCC(=O)Nc1cccc(Cl)c1C. The van der Waals surface area contributed by atoms with Gasteiger partial charge in [-0.05, 0) is 67.4 Å². The number of nitrogens with zero attached hydrogens (tertiary/aromatic N) is 1. The summed E-state index contributed by atoms with van der Waals surface area (Å²) < 4.78 is 16.3. The van der Waals surface area contributed by atoms with Gasteiger partial charge in [-0.2, -0.15) is 5.10 Å². The molecule has 0 saturated carbocycles. The zero-order valence-corrected chi connectivity index (χ0v) is 20.4. The van der Waals surface area contributed by atoms with E-state index in [0.717, 1.165) is 5.56 Å². The lowest BCUT2D eigenvalue weighted by atomic mass is 10.2. The monoisotopic (exact) mass is 512 g/mol. The molecule has 3 aromatic rings. The molecule has 3 amide bonds. The lowest BCUT2D eigenvalue weighted by molar-refractivity contribution is -0.139. The molecule has 3 rings (SSSR count). The Bertz CT molecular complexity index is 1240. The van der Waals surface area contributed by atoms with Gasteiger partial charge in [-0.3, -0.25) is 14.4 Å². The number of furan rings is 1. The fourth-order valence-corrected chi connectivity index (χ4v) is 3.12. The predicted octanol–water partition coefficient (Wildman–Crippen LogP) is 3.42. The summed E-state index contributed by atoms with van der Waals surface area (Å²) in [4.78, 5) is 36.0. The van der Waals surface area contributed by atoms with Crippen molar-refractivity contribution in [2.24, 2.45) is 5.10 Å². The van der Waals surface area contributed by atoms with Gasteiger partial charge in [0.05, 0.1) is 25.6 Å². The van der Waals surface area contributed by atoms with Gasteiger partial charge >= 0.3 is 11.8 Å². The zero-order valence-electron chi connectivity index (χ0n) is 19.7. The van der Waals surface area contributed by atoms with E-state index in [1.54, 1.807) is 55.5 Å². The van der Waals surface area contributed by atoms with Gasteiger partial charge in [-0.25, -0.2) is 5.43 Å². The van der Waals surface area contributed by atoms with Crippen molar-refractivity contribution >= 4 is 41.2 Å². The van der Waals surface area contributed by atoms with Gasteiger partial charge in [0, 0.05) is 10.7 Å². The highest BCUT2D eigenvalue weighted by molar-refractivity contribution is 6.35. The van der Waals surface area contributed by atoms with Crippen molar-refractivity contribution in [2.75, 3.05) is 18.5 Å².